The topological polar surface area (TPSA) is 34.9 Å². The van der Waals surface area contributed by atoms with E-state index in [1.807, 2.05) is 13.8 Å². The van der Waals surface area contributed by atoms with Gasteiger partial charge in [0, 0.05) is 6.54 Å². The third-order valence-electron chi connectivity index (χ3n) is 3.24. The smallest absolute Gasteiger partial charge is 0.214 e. The van der Waals surface area contributed by atoms with Gasteiger partial charge in [0.05, 0.1) is 11.3 Å². The summed E-state index contributed by atoms with van der Waals surface area (Å²) >= 11 is 0. The standard InChI is InChI=1S/C15H16F2N2O/c1-4-10-8-12(19(5-2)18-10)15(20)11-7-6-9(3)13(16)14(11)17/h6-8H,4-5H2,1-3H3. The number of carbonyl (C=O) groups is 1. The summed E-state index contributed by atoms with van der Waals surface area (Å²) in [4.78, 5) is 12.4. The minimum atomic E-state index is -1.10. The Morgan fingerprint density at radius 3 is 2.55 bits per heavy atom. The zero-order valence-electron chi connectivity index (χ0n) is 11.7. The average Bonchev–Trinajstić information content (AvgIpc) is 2.87. The summed E-state index contributed by atoms with van der Waals surface area (Å²) in [6.07, 6.45) is 0.679. The van der Waals surface area contributed by atoms with Crippen molar-refractivity contribution in [3.8, 4) is 0 Å². The van der Waals surface area contributed by atoms with Crippen LogP contribution in [-0.4, -0.2) is 15.6 Å². The summed E-state index contributed by atoms with van der Waals surface area (Å²) in [6, 6.07) is 4.34. The van der Waals surface area contributed by atoms with E-state index in [4.69, 9.17) is 0 Å². The molecule has 0 aliphatic carbocycles. The zero-order valence-corrected chi connectivity index (χ0v) is 11.7. The van der Waals surface area contributed by atoms with Crippen molar-refractivity contribution in [3.63, 3.8) is 0 Å². The maximum absolute atomic E-state index is 13.9. The normalized spacial score (nSPS) is 10.8. The summed E-state index contributed by atoms with van der Waals surface area (Å²) in [6.45, 7) is 5.72. The molecule has 0 unspecified atom stereocenters. The van der Waals surface area contributed by atoms with Crippen LogP contribution in [0.3, 0.4) is 0 Å². The highest BCUT2D eigenvalue weighted by molar-refractivity contribution is 6.08. The first-order valence-electron chi connectivity index (χ1n) is 6.55. The lowest BCUT2D eigenvalue weighted by molar-refractivity contribution is 0.102. The Morgan fingerprint density at radius 2 is 1.95 bits per heavy atom. The van der Waals surface area contributed by atoms with Crippen LogP contribution >= 0.6 is 0 Å². The van der Waals surface area contributed by atoms with E-state index in [2.05, 4.69) is 5.10 Å². The minimum absolute atomic E-state index is 0.178. The molecule has 5 heteroatoms. The maximum atomic E-state index is 13.9. The summed E-state index contributed by atoms with van der Waals surface area (Å²) in [5.74, 6) is -2.62. The van der Waals surface area contributed by atoms with Crippen LogP contribution in [0.2, 0.25) is 0 Å². The van der Waals surface area contributed by atoms with Crippen LogP contribution in [0.15, 0.2) is 18.2 Å². The monoisotopic (exact) mass is 278 g/mol. The Labute approximate surface area is 116 Å². The number of aromatic nitrogens is 2. The second-order valence-electron chi connectivity index (χ2n) is 4.58. The molecule has 2 rings (SSSR count). The Morgan fingerprint density at radius 1 is 1.25 bits per heavy atom. The number of carbonyl (C=O) groups excluding carboxylic acids is 1. The number of rotatable bonds is 4. The van der Waals surface area contributed by atoms with Gasteiger partial charge in [0.1, 0.15) is 5.69 Å². The van der Waals surface area contributed by atoms with Crippen molar-refractivity contribution >= 4 is 5.78 Å². The van der Waals surface area contributed by atoms with Crippen molar-refractivity contribution in [3.05, 3.63) is 52.3 Å². The van der Waals surface area contributed by atoms with Gasteiger partial charge in [0.2, 0.25) is 5.78 Å². The molecular weight excluding hydrogens is 262 g/mol. The maximum Gasteiger partial charge on any atom is 0.214 e. The summed E-state index contributed by atoms with van der Waals surface area (Å²) in [5.41, 5.74) is 0.956. The Bertz CT molecular complexity index is 662. The summed E-state index contributed by atoms with van der Waals surface area (Å²) in [7, 11) is 0. The Hall–Kier alpha value is -2.04. The largest absolute Gasteiger partial charge is 0.287 e. The molecule has 0 atom stereocenters. The number of benzene rings is 1. The number of hydrogen-bond acceptors (Lipinski definition) is 2. The van der Waals surface area contributed by atoms with Crippen molar-refractivity contribution < 1.29 is 13.6 Å². The molecule has 106 valence electrons. The third-order valence-corrected chi connectivity index (χ3v) is 3.24. The van der Waals surface area contributed by atoms with Gasteiger partial charge in [-0.2, -0.15) is 5.10 Å². The van der Waals surface area contributed by atoms with Gasteiger partial charge in [-0.15, -0.1) is 0 Å². The molecule has 3 nitrogen and oxygen atoms in total. The fourth-order valence-corrected chi connectivity index (χ4v) is 2.03. The molecule has 1 heterocycles. The Kier molecular flexibility index (Phi) is 3.97. The van der Waals surface area contributed by atoms with Crippen molar-refractivity contribution in [2.75, 3.05) is 0 Å². The molecule has 0 N–H and O–H groups in total. The lowest BCUT2D eigenvalue weighted by Crippen LogP contribution is -2.13. The molecule has 2 aromatic rings. The fourth-order valence-electron chi connectivity index (χ4n) is 2.03. The molecule has 0 bridgehead atoms. The molecule has 1 aromatic carbocycles. The van der Waals surface area contributed by atoms with Crippen LogP contribution in [-0.2, 0) is 13.0 Å². The number of aryl methyl sites for hydroxylation is 3. The second-order valence-corrected chi connectivity index (χ2v) is 4.58. The third kappa shape index (κ3) is 2.35. The highest BCUT2D eigenvalue weighted by Crippen LogP contribution is 2.19. The Balaban J connectivity index is 2.51. The predicted octanol–water partition coefficient (Wildman–Crippen LogP) is 3.28. The highest BCUT2D eigenvalue weighted by atomic mass is 19.2. The van der Waals surface area contributed by atoms with Crippen LogP contribution in [0.5, 0.6) is 0 Å². The molecule has 0 saturated carbocycles. The van der Waals surface area contributed by atoms with Gasteiger partial charge in [0.25, 0.3) is 0 Å². The highest BCUT2D eigenvalue weighted by Gasteiger charge is 2.22. The molecule has 0 aliphatic heterocycles. The van der Waals surface area contributed by atoms with Crippen molar-refractivity contribution in [2.45, 2.75) is 33.7 Å². The first-order chi connectivity index (χ1) is 9.49. The number of ketones is 1. The van der Waals surface area contributed by atoms with Gasteiger partial charge in [-0.3, -0.25) is 9.48 Å². The van der Waals surface area contributed by atoms with E-state index in [-0.39, 0.29) is 16.8 Å². The molecule has 0 amide bonds. The molecule has 0 radical (unpaired) electrons. The molecule has 0 saturated heterocycles. The first kappa shape index (κ1) is 14.4. The van der Waals surface area contributed by atoms with Crippen LogP contribution in [0.1, 0.15) is 41.2 Å². The summed E-state index contributed by atoms with van der Waals surface area (Å²) in [5, 5.41) is 4.24. The quantitative estimate of drug-likeness (QED) is 0.804. The first-order valence-corrected chi connectivity index (χ1v) is 6.55. The van der Waals surface area contributed by atoms with Gasteiger partial charge in [-0.1, -0.05) is 13.0 Å². The molecule has 0 aliphatic rings. The zero-order chi connectivity index (χ0) is 14.9. The lowest BCUT2D eigenvalue weighted by Gasteiger charge is -2.06. The van der Waals surface area contributed by atoms with E-state index in [1.165, 1.54) is 23.7 Å². The van der Waals surface area contributed by atoms with Gasteiger partial charge >= 0.3 is 0 Å². The van der Waals surface area contributed by atoms with E-state index in [1.54, 1.807) is 6.07 Å². The van der Waals surface area contributed by atoms with Crippen LogP contribution in [0.4, 0.5) is 8.78 Å². The van der Waals surface area contributed by atoms with Crippen molar-refractivity contribution in [1.82, 2.24) is 9.78 Å². The van der Waals surface area contributed by atoms with E-state index < -0.39 is 17.4 Å². The molecule has 0 spiro atoms. The van der Waals surface area contributed by atoms with Crippen LogP contribution < -0.4 is 0 Å². The van der Waals surface area contributed by atoms with Crippen molar-refractivity contribution in [2.24, 2.45) is 0 Å². The fraction of sp³-hybridized carbons (Fsp3) is 0.333. The summed E-state index contributed by atoms with van der Waals surface area (Å²) < 4.78 is 29.0. The van der Waals surface area contributed by atoms with Gasteiger partial charge in [-0.05, 0) is 38.0 Å². The van der Waals surface area contributed by atoms with Gasteiger partial charge in [-0.25, -0.2) is 8.78 Å². The van der Waals surface area contributed by atoms with Crippen LogP contribution in [0, 0.1) is 18.6 Å². The molecule has 0 fully saturated rings. The predicted molar refractivity (Wildman–Crippen MR) is 71.8 cm³/mol. The van der Waals surface area contributed by atoms with Gasteiger partial charge < -0.3 is 0 Å². The number of hydrogen-bond donors (Lipinski definition) is 0. The van der Waals surface area contributed by atoms with Gasteiger partial charge in [0.15, 0.2) is 11.6 Å². The van der Waals surface area contributed by atoms with E-state index in [0.717, 1.165) is 5.69 Å². The van der Waals surface area contributed by atoms with E-state index in [0.29, 0.717) is 13.0 Å². The van der Waals surface area contributed by atoms with E-state index in [9.17, 15) is 13.6 Å². The second kappa shape index (κ2) is 5.53. The molecule has 1 aromatic heterocycles. The molecular formula is C15H16F2N2O. The average molecular weight is 278 g/mol. The molecule has 20 heavy (non-hydrogen) atoms. The number of nitrogens with zero attached hydrogens (tertiary/aromatic N) is 2. The minimum Gasteiger partial charge on any atom is -0.287 e. The lowest BCUT2D eigenvalue weighted by atomic mass is 10.0. The van der Waals surface area contributed by atoms with Crippen molar-refractivity contribution in [1.29, 1.82) is 0 Å². The SMILES string of the molecule is CCc1cc(C(=O)c2ccc(C)c(F)c2F)n(CC)n1. The van der Waals surface area contributed by atoms with E-state index >= 15 is 0 Å². The number of halogens is 2. The van der Waals surface area contributed by atoms with Crippen LogP contribution in [0.25, 0.3) is 0 Å².